The molecule has 0 bridgehead atoms. The molecule has 2 N–H and O–H groups in total. The monoisotopic (exact) mass is 352 g/mol. The first-order valence-electron chi connectivity index (χ1n) is 8.28. The quantitative estimate of drug-likeness (QED) is 0.691. The molecule has 1 aromatic heterocycles. The molecule has 1 heterocycles. The Morgan fingerprint density at radius 2 is 1.88 bits per heavy atom. The number of methoxy groups -OCH3 is 1. The maximum absolute atomic E-state index is 12.3. The molecule has 0 saturated heterocycles. The fourth-order valence-electron chi connectivity index (χ4n) is 2.72. The predicted molar refractivity (Wildman–Crippen MR) is 97.9 cm³/mol. The highest BCUT2D eigenvalue weighted by molar-refractivity contribution is 5.99. The van der Waals surface area contributed by atoms with E-state index in [9.17, 15) is 9.59 Å². The summed E-state index contributed by atoms with van der Waals surface area (Å²) in [5.41, 5.74) is 7.19. The lowest BCUT2D eigenvalue weighted by molar-refractivity contribution is -0.121. The van der Waals surface area contributed by atoms with E-state index in [2.05, 4.69) is 10.9 Å². The summed E-state index contributed by atoms with van der Waals surface area (Å²) < 4.78 is 10.7. The molecule has 6 nitrogen and oxygen atoms in total. The van der Waals surface area contributed by atoms with E-state index in [1.54, 1.807) is 13.2 Å². The number of amides is 2. The van der Waals surface area contributed by atoms with E-state index in [1.807, 2.05) is 49.4 Å². The van der Waals surface area contributed by atoms with Crippen LogP contribution >= 0.6 is 0 Å². The largest absolute Gasteiger partial charge is 0.497 e. The molecule has 2 aromatic carbocycles. The first-order chi connectivity index (χ1) is 12.6. The second kappa shape index (κ2) is 7.74. The van der Waals surface area contributed by atoms with Crippen molar-refractivity contribution >= 4 is 22.8 Å². The fraction of sp³-hybridized carbons (Fsp3) is 0.200. The third-order valence-corrected chi connectivity index (χ3v) is 4.14. The summed E-state index contributed by atoms with van der Waals surface area (Å²) in [6, 6.07) is 14.9. The highest BCUT2D eigenvalue weighted by atomic mass is 16.5. The van der Waals surface area contributed by atoms with E-state index >= 15 is 0 Å². The second-order valence-electron chi connectivity index (χ2n) is 5.91. The fourth-order valence-corrected chi connectivity index (χ4v) is 2.72. The average molecular weight is 352 g/mol. The molecule has 0 atom stereocenters. The maximum Gasteiger partial charge on any atom is 0.305 e. The molecule has 3 rings (SSSR count). The zero-order valence-corrected chi connectivity index (χ0v) is 14.7. The molecule has 26 heavy (non-hydrogen) atoms. The second-order valence-corrected chi connectivity index (χ2v) is 5.91. The average Bonchev–Trinajstić information content (AvgIpc) is 3.01. The van der Waals surface area contributed by atoms with Gasteiger partial charge in [0.15, 0.2) is 5.76 Å². The number of hydrogen-bond donors (Lipinski definition) is 2. The van der Waals surface area contributed by atoms with Crippen molar-refractivity contribution in [3.63, 3.8) is 0 Å². The molecule has 0 spiro atoms. The van der Waals surface area contributed by atoms with E-state index in [-0.39, 0.29) is 18.1 Å². The number of aryl methyl sites for hydroxylation is 2. The van der Waals surface area contributed by atoms with Crippen LogP contribution in [-0.2, 0) is 11.2 Å². The van der Waals surface area contributed by atoms with Crippen LogP contribution in [0.2, 0.25) is 0 Å². The van der Waals surface area contributed by atoms with Gasteiger partial charge in [0.2, 0.25) is 5.91 Å². The van der Waals surface area contributed by atoms with Gasteiger partial charge in [0.1, 0.15) is 11.3 Å². The van der Waals surface area contributed by atoms with Crippen LogP contribution in [-0.4, -0.2) is 18.9 Å². The molecule has 0 aliphatic rings. The minimum absolute atomic E-state index is 0.194. The number of ether oxygens (including phenoxy) is 1. The number of hydrazine groups is 1. The summed E-state index contributed by atoms with van der Waals surface area (Å²) in [5, 5.41) is 0.877. The van der Waals surface area contributed by atoms with Gasteiger partial charge in [0.05, 0.1) is 7.11 Å². The van der Waals surface area contributed by atoms with Gasteiger partial charge in [-0.3, -0.25) is 20.4 Å². The highest BCUT2D eigenvalue weighted by Gasteiger charge is 2.17. The van der Waals surface area contributed by atoms with Crippen molar-refractivity contribution in [3.05, 3.63) is 65.4 Å². The molecule has 0 saturated carbocycles. The number of carbonyl (C=O) groups is 2. The molecular formula is C20H20N2O4. The summed E-state index contributed by atoms with van der Waals surface area (Å²) in [5.74, 6) is 0.180. The Kier molecular flexibility index (Phi) is 5.22. The molecule has 0 aliphatic heterocycles. The number of hydrogen-bond acceptors (Lipinski definition) is 4. The smallest absolute Gasteiger partial charge is 0.305 e. The van der Waals surface area contributed by atoms with Gasteiger partial charge in [-0.1, -0.05) is 30.3 Å². The van der Waals surface area contributed by atoms with E-state index < -0.39 is 5.91 Å². The minimum Gasteiger partial charge on any atom is -0.497 e. The van der Waals surface area contributed by atoms with Gasteiger partial charge in [0, 0.05) is 17.4 Å². The van der Waals surface area contributed by atoms with Gasteiger partial charge < -0.3 is 9.15 Å². The Labute approximate surface area is 151 Å². The van der Waals surface area contributed by atoms with Crippen molar-refractivity contribution in [3.8, 4) is 5.75 Å². The van der Waals surface area contributed by atoms with E-state index in [0.29, 0.717) is 12.0 Å². The van der Waals surface area contributed by atoms with E-state index in [0.717, 1.165) is 22.3 Å². The molecule has 0 radical (unpaired) electrons. The zero-order chi connectivity index (χ0) is 18.5. The Bertz CT molecular complexity index is 946. The third kappa shape index (κ3) is 3.85. The number of benzene rings is 2. The van der Waals surface area contributed by atoms with Gasteiger partial charge in [-0.2, -0.15) is 0 Å². The maximum atomic E-state index is 12.3. The van der Waals surface area contributed by atoms with Crippen molar-refractivity contribution in [2.24, 2.45) is 0 Å². The third-order valence-electron chi connectivity index (χ3n) is 4.14. The van der Waals surface area contributed by atoms with Crippen molar-refractivity contribution < 1.29 is 18.7 Å². The lowest BCUT2D eigenvalue weighted by atomic mass is 10.1. The highest BCUT2D eigenvalue weighted by Crippen LogP contribution is 2.24. The molecule has 0 unspecified atom stereocenters. The first-order valence-corrected chi connectivity index (χ1v) is 8.28. The number of rotatable bonds is 5. The lowest BCUT2D eigenvalue weighted by Crippen LogP contribution is -2.41. The SMILES string of the molecule is COc1cccc(CCC(=O)NNC(=O)c2oc3ccccc3c2C)c1. The molecule has 134 valence electrons. The van der Waals surface area contributed by atoms with Crippen molar-refractivity contribution in [1.82, 2.24) is 10.9 Å². The van der Waals surface area contributed by atoms with E-state index in [1.165, 1.54) is 0 Å². The standard InChI is InChI=1S/C20H20N2O4/c1-13-16-8-3-4-9-17(16)26-19(13)20(24)22-21-18(23)11-10-14-6-5-7-15(12-14)25-2/h3-9,12H,10-11H2,1-2H3,(H,21,23)(H,22,24). The Morgan fingerprint density at radius 3 is 2.65 bits per heavy atom. The van der Waals surface area contributed by atoms with Gasteiger partial charge in [-0.25, -0.2) is 0 Å². The minimum atomic E-state index is -0.478. The van der Waals surface area contributed by atoms with Gasteiger partial charge in [-0.05, 0) is 37.1 Å². The number of fused-ring (bicyclic) bond motifs is 1. The Morgan fingerprint density at radius 1 is 1.08 bits per heavy atom. The van der Waals surface area contributed by atoms with Crippen molar-refractivity contribution in [1.29, 1.82) is 0 Å². The van der Waals surface area contributed by atoms with Crippen molar-refractivity contribution in [2.75, 3.05) is 7.11 Å². The van der Waals surface area contributed by atoms with Crippen molar-refractivity contribution in [2.45, 2.75) is 19.8 Å². The van der Waals surface area contributed by atoms with Crippen LogP contribution in [0.15, 0.2) is 52.9 Å². The van der Waals surface area contributed by atoms with Gasteiger partial charge in [-0.15, -0.1) is 0 Å². The first kappa shape index (κ1) is 17.5. The summed E-state index contributed by atoms with van der Waals surface area (Å²) >= 11 is 0. The van der Waals surface area contributed by atoms with Crippen LogP contribution in [0.25, 0.3) is 11.0 Å². The summed E-state index contributed by atoms with van der Waals surface area (Å²) in [6.07, 6.45) is 0.787. The van der Waals surface area contributed by atoms with Gasteiger partial charge in [0.25, 0.3) is 0 Å². The van der Waals surface area contributed by atoms with Crippen LogP contribution in [0, 0.1) is 6.92 Å². The van der Waals surface area contributed by atoms with Crippen LogP contribution in [0.5, 0.6) is 5.75 Å². The van der Waals surface area contributed by atoms with Crippen LogP contribution in [0.3, 0.4) is 0 Å². The Balaban J connectivity index is 1.55. The molecule has 6 heteroatoms. The van der Waals surface area contributed by atoms with Crippen LogP contribution in [0.1, 0.15) is 28.1 Å². The number of carbonyl (C=O) groups excluding carboxylic acids is 2. The molecule has 2 amide bonds. The summed E-state index contributed by atoms with van der Waals surface area (Å²) in [7, 11) is 1.60. The number of furan rings is 1. The summed E-state index contributed by atoms with van der Waals surface area (Å²) in [6.45, 7) is 1.81. The van der Waals surface area contributed by atoms with E-state index in [4.69, 9.17) is 9.15 Å². The molecule has 0 fully saturated rings. The van der Waals surface area contributed by atoms with Crippen LogP contribution in [0.4, 0.5) is 0 Å². The predicted octanol–water partition coefficient (Wildman–Crippen LogP) is 3.14. The topological polar surface area (TPSA) is 80.6 Å². The molecule has 0 aliphatic carbocycles. The normalized spacial score (nSPS) is 10.5. The van der Waals surface area contributed by atoms with Gasteiger partial charge >= 0.3 is 5.91 Å². The Hall–Kier alpha value is -3.28. The number of nitrogens with one attached hydrogen (secondary N) is 2. The number of para-hydroxylation sites is 1. The molecule has 3 aromatic rings. The lowest BCUT2D eigenvalue weighted by Gasteiger charge is -2.07. The zero-order valence-electron chi connectivity index (χ0n) is 14.7. The summed E-state index contributed by atoms with van der Waals surface area (Å²) in [4.78, 5) is 24.2. The molecular weight excluding hydrogens is 332 g/mol. The van der Waals surface area contributed by atoms with Crippen LogP contribution < -0.4 is 15.6 Å².